The van der Waals surface area contributed by atoms with Crippen molar-refractivity contribution in [1.29, 1.82) is 5.26 Å². The van der Waals surface area contributed by atoms with Gasteiger partial charge in [-0.1, -0.05) is 18.2 Å². The summed E-state index contributed by atoms with van der Waals surface area (Å²) in [5.74, 6) is -0.805. The molecule has 0 aromatic heterocycles. The number of imide groups is 1. The Morgan fingerprint density at radius 3 is 2.85 bits per heavy atom. The van der Waals surface area contributed by atoms with E-state index in [2.05, 4.69) is 16.7 Å². The first kappa shape index (κ1) is 14.2. The average molecular weight is 272 g/mol. The van der Waals surface area contributed by atoms with Gasteiger partial charge in [-0.2, -0.15) is 5.26 Å². The summed E-state index contributed by atoms with van der Waals surface area (Å²) in [6.07, 6.45) is 0. The fraction of sp³-hybridized carbons (Fsp3) is 0.357. The number of carbonyl (C=O) groups excluding carboxylic acids is 2. The maximum atomic E-state index is 11.9. The zero-order valence-corrected chi connectivity index (χ0v) is 11.0. The van der Waals surface area contributed by atoms with Crippen LogP contribution in [0.5, 0.6) is 0 Å². The number of rotatable bonds is 3. The summed E-state index contributed by atoms with van der Waals surface area (Å²) >= 11 is 0. The number of hydrogen-bond acceptors (Lipinski definition) is 5. The molecule has 6 heteroatoms. The lowest BCUT2D eigenvalue weighted by Crippen LogP contribution is -2.53. The predicted molar refractivity (Wildman–Crippen MR) is 72.8 cm³/mol. The van der Waals surface area contributed by atoms with Crippen LogP contribution in [0.1, 0.15) is 10.4 Å². The summed E-state index contributed by atoms with van der Waals surface area (Å²) < 4.78 is 0. The van der Waals surface area contributed by atoms with Crippen molar-refractivity contribution < 1.29 is 9.59 Å². The highest BCUT2D eigenvalue weighted by molar-refractivity contribution is 6.05. The lowest BCUT2D eigenvalue weighted by Gasteiger charge is -2.30. The molecule has 1 fully saturated rings. The molecule has 20 heavy (non-hydrogen) atoms. The SMILES string of the molecule is N#CC1CNCCN1CC(=O)NC(=O)c1ccccc1. The lowest BCUT2D eigenvalue weighted by atomic mass is 10.2. The standard InChI is InChI=1S/C14H16N4O2/c15-8-12-9-16-6-7-18(12)10-13(19)17-14(20)11-4-2-1-3-5-11/h1-5,12,16H,6-7,9-10H2,(H,17,19,20). The Hall–Kier alpha value is -2.23. The van der Waals surface area contributed by atoms with Crippen molar-refractivity contribution in [3.8, 4) is 6.07 Å². The molecule has 0 saturated carbocycles. The zero-order chi connectivity index (χ0) is 14.4. The first-order valence-electron chi connectivity index (χ1n) is 6.44. The van der Waals surface area contributed by atoms with E-state index in [1.54, 1.807) is 35.2 Å². The van der Waals surface area contributed by atoms with Crippen molar-refractivity contribution in [2.45, 2.75) is 6.04 Å². The lowest BCUT2D eigenvalue weighted by molar-refractivity contribution is -0.121. The molecule has 1 saturated heterocycles. The molecule has 0 radical (unpaired) electrons. The van der Waals surface area contributed by atoms with E-state index in [1.165, 1.54) is 0 Å². The van der Waals surface area contributed by atoms with E-state index < -0.39 is 5.91 Å². The molecular weight excluding hydrogens is 256 g/mol. The number of carbonyl (C=O) groups is 2. The molecule has 2 amide bonds. The first-order chi connectivity index (χ1) is 9.70. The van der Waals surface area contributed by atoms with Crippen molar-refractivity contribution in [3.05, 3.63) is 35.9 Å². The Morgan fingerprint density at radius 1 is 1.40 bits per heavy atom. The maximum Gasteiger partial charge on any atom is 0.257 e. The Morgan fingerprint density at radius 2 is 2.15 bits per heavy atom. The van der Waals surface area contributed by atoms with Gasteiger partial charge >= 0.3 is 0 Å². The number of hydrogen-bond donors (Lipinski definition) is 2. The Labute approximate surface area is 117 Å². The third kappa shape index (κ3) is 3.63. The quantitative estimate of drug-likeness (QED) is 0.792. The topological polar surface area (TPSA) is 85.2 Å². The van der Waals surface area contributed by atoms with E-state index in [0.717, 1.165) is 6.54 Å². The van der Waals surface area contributed by atoms with Crippen LogP contribution >= 0.6 is 0 Å². The molecule has 0 bridgehead atoms. The smallest absolute Gasteiger partial charge is 0.257 e. The zero-order valence-electron chi connectivity index (χ0n) is 11.0. The second kappa shape index (κ2) is 6.80. The van der Waals surface area contributed by atoms with Crippen molar-refractivity contribution in [2.24, 2.45) is 0 Å². The van der Waals surface area contributed by atoms with Gasteiger partial charge in [-0.3, -0.25) is 19.8 Å². The van der Waals surface area contributed by atoms with Crippen LogP contribution in [0.25, 0.3) is 0 Å². The summed E-state index contributed by atoms with van der Waals surface area (Å²) in [4.78, 5) is 25.4. The number of benzene rings is 1. The first-order valence-corrected chi connectivity index (χ1v) is 6.44. The van der Waals surface area contributed by atoms with Crippen LogP contribution < -0.4 is 10.6 Å². The highest BCUT2D eigenvalue weighted by Gasteiger charge is 2.24. The number of amides is 2. The van der Waals surface area contributed by atoms with Gasteiger partial charge in [0, 0.05) is 25.2 Å². The van der Waals surface area contributed by atoms with Crippen LogP contribution in [0.15, 0.2) is 30.3 Å². The fourth-order valence-electron chi connectivity index (χ4n) is 2.08. The minimum atomic E-state index is -0.417. The fourth-order valence-corrected chi connectivity index (χ4v) is 2.08. The van der Waals surface area contributed by atoms with Crippen molar-refractivity contribution in [3.63, 3.8) is 0 Å². The van der Waals surface area contributed by atoms with Crippen LogP contribution in [0.3, 0.4) is 0 Å². The van der Waals surface area contributed by atoms with Gasteiger partial charge in [0.25, 0.3) is 5.91 Å². The van der Waals surface area contributed by atoms with Crippen molar-refractivity contribution in [1.82, 2.24) is 15.5 Å². The molecule has 1 aromatic carbocycles. The highest BCUT2D eigenvalue weighted by Crippen LogP contribution is 2.02. The number of nitrogens with zero attached hydrogens (tertiary/aromatic N) is 2. The molecule has 104 valence electrons. The molecule has 1 aromatic rings. The summed E-state index contributed by atoms with van der Waals surface area (Å²) in [6, 6.07) is 10.4. The van der Waals surface area contributed by atoms with Gasteiger partial charge in [0.15, 0.2) is 0 Å². The van der Waals surface area contributed by atoms with Gasteiger partial charge in [-0.15, -0.1) is 0 Å². The number of nitriles is 1. The monoisotopic (exact) mass is 272 g/mol. The van der Waals surface area contributed by atoms with Crippen LogP contribution in [0.4, 0.5) is 0 Å². The van der Waals surface area contributed by atoms with E-state index in [0.29, 0.717) is 18.7 Å². The molecule has 2 N–H and O–H groups in total. The summed E-state index contributed by atoms with van der Waals surface area (Å²) in [6.45, 7) is 1.94. The molecule has 1 aliphatic heterocycles. The van der Waals surface area contributed by atoms with Crippen LogP contribution in [0, 0.1) is 11.3 Å². The van der Waals surface area contributed by atoms with E-state index in [9.17, 15) is 9.59 Å². The third-order valence-corrected chi connectivity index (χ3v) is 3.14. The molecule has 1 heterocycles. The van der Waals surface area contributed by atoms with Gasteiger partial charge in [-0.25, -0.2) is 0 Å². The van der Waals surface area contributed by atoms with E-state index in [1.807, 2.05) is 0 Å². The largest absolute Gasteiger partial charge is 0.313 e. The molecule has 1 unspecified atom stereocenters. The van der Waals surface area contributed by atoms with Gasteiger partial charge < -0.3 is 5.32 Å². The normalized spacial score (nSPS) is 19.1. The van der Waals surface area contributed by atoms with Crippen LogP contribution in [-0.2, 0) is 4.79 Å². The second-order valence-electron chi connectivity index (χ2n) is 4.56. The van der Waals surface area contributed by atoms with Gasteiger partial charge in [0.2, 0.25) is 5.91 Å². The van der Waals surface area contributed by atoms with Crippen LogP contribution in [0.2, 0.25) is 0 Å². The Kier molecular flexibility index (Phi) is 4.82. The molecular formula is C14H16N4O2. The van der Waals surface area contributed by atoms with E-state index in [-0.39, 0.29) is 18.5 Å². The van der Waals surface area contributed by atoms with Gasteiger partial charge in [0.05, 0.1) is 12.6 Å². The summed E-state index contributed by atoms with van der Waals surface area (Å²) in [5, 5.41) is 14.4. The molecule has 1 atom stereocenters. The molecule has 0 aliphatic carbocycles. The van der Waals surface area contributed by atoms with Crippen LogP contribution in [-0.4, -0.2) is 48.9 Å². The average Bonchev–Trinajstić information content (AvgIpc) is 2.48. The minimum absolute atomic E-state index is 0.0540. The predicted octanol–water partition coefficient (Wildman–Crippen LogP) is -0.260. The van der Waals surface area contributed by atoms with E-state index >= 15 is 0 Å². The van der Waals surface area contributed by atoms with Crippen molar-refractivity contribution in [2.75, 3.05) is 26.2 Å². The van der Waals surface area contributed by atoms with Gasteiger partial charge in [0.1, 0.15) is 6.04 Å². The molecule has 0 spiro atoms. The number of nitrogens with one attached hydrogen (secondary N) is 2. The summed E-state index contributed by atoms with van der Waals surface area (Å²) in [5.41, 5.74) is 0.443. The second-order valence-corrected chi connectivity index (χ2v) is 4.56. The Balaban J connectivity index is 1.89. The number of piperazine rings is 1. The molecule has 6 nitrogen and oxygen atoms in total. The van der Waals surface area contributed by atoms with Gasteiger partial charge in [-0.05, 0) is 12.1 Å². The minimum Gasteiger partial charge on any atom is -0.313 e. The van der Waals surface area contributed by atoms with E-state index in [4.69, 9.17) is 5.26 Å². The highest BCUT2D eigenvalue weighted by atomic mass is 16.2. The third-order valence-electron chi connectivity index (χ3n) is 3.14. The molecule has 2 rings (SSSR count). The summed E-state index contributed by atoms with van der Waals surface area (Å²) in [7, 11) is 0. The Bertz CT molecular complexity index is 524. The molecule has 1 aliphatic rings. The maximum absolute atomic E-state index is 11.9. The van der Waals surface area contributed by atoms with Crippen molar-refractivity contribution >= 4 is 11.8 Å².